The largest absolute Gasteiger partial charge is 0.351 e. The van der Waals surface area contributed by atoms with Gasteiger partial charge in [-0.15, -0.1) is 0 Å². The number of aromatic nitrogens is 4. The molecular weight excluding hydrogens is 230 g/mol. The lowest BCUT2D eigenvalue weighted by molar-refractivity contribution is 0.0948. The van der Waals surface area contributed by atoms with Crippen molar-refractivity contribution in [3.05, 3.63) is 36.2 Å². The normalized spacial score (nSPS) is 10.5. The molecule has 1 amide bonds. The van der Waals surface area contributed by atoms with Crippen LogP contribution >= 0.6 is 0 Å². The van der Waals surface area contributed by atoms with E-state index in [4.69, 9.17) is 0 Å². The summed E-state index contributed by atoms with van der Waals surface area (Å²) in [5, 5.41) is 9.50. The Morgan fingerprint density at radius 3 is 3.06 bits per heavy atom. The Labute approximate surface area is 105 Å². The maximum absolute atomic E-state index is 11.6. The third kappa shape index (κ3) is 3.44. The van der Waals surface area contributed by atoms with Gasteiger partial charge in [0.15, 0.2) is 0 Å². The second-order valence-electron chi connectivity index (χ2n) is 4.20. The van der Waals surface area contributed by atoms with E-state index in [2.05, 4.69) is 20.5 Å². The summed E-state index contributed by atoms with van der Waals surface area (Å²) in [5.74, 6) is -0.123. The summed E-state index contributed by atoms with van der Waals surface area (Å²) in [5.41, 5.74) is 1.34. The number of amides is 1. The number of carbonyl (C=O) groups is 1. The molecule has 2 heterocycles. The quantitative estimate of drug-likeness (QED) is 0.751. The van der Waals surface area contributed by atoms with Crippen LogP contribution in [0.1, 0.15) is 29.0 Å². The topological polar surface area (TPSA) is 75.6 Å². The number of aryl methyl sites for hydroxylation is 2. The second-order valence-corrected chi connectivity index (χ2v) is 4.20. The summed E-state index contributed by atoms with van der Waals surface area (Å²) in [6.07, 6.45) is 7.45. The Morgan fingerprint density at radius 1 is 1.50 bits per heavy atom. The Hall–Kier alpha value is -2.11. The number of hydrogen-bond donors (Lipinski definition) is 2. The molecule has 2 aromatic heterocycles. The maximum Gasteiger partial charge on any atom is 0.271 e. The first-order valence-electron chi connectivity index (χ1n) is 6.01. The first-order valence-corrected chi connectivity index (χ1v) is 6.01. The number of rotatable bonds is 6. The van der Waals surface area contributed by atoms with Crippen LogP contribution in [-0.2, 0) is 6.54 Å². The van der Waals surface area contributed by atoms with Crippen LogP contribution in [0.5, 0.6) is 0 Å². The highest BCUT2D eigenvalue weighted by Crippen LogP contribution is 1.98. The van der Waals surface area contributed by atoms with E-state index >= 15 is 0 Å². The molecule has 0 aromatic carbocycles. The number of imidazole rings is 1. The highest BCUT2D eigenvalue weighted by atomic mass is 16.1. The van der Waals surface area contributed by atoms with Crippen molar-refractivity contribution in [1.29, 1.82) is 0 Å². The standard InChI is InChI=1S/C12H17N5O/c1-10-8-11(16-15-10)12(18)14-4-2-3-6-17-7-5-13-9-17/h5,7-9H,2-4,6H2,1H3,(H,14,18)(H,15,16). The van der Waals surface area contributed by atoms with E-state index in [1.807, 2.05) is 17.7 Å². The van der Waals surface area contributed by atoms with Gasteiger partial charge in [-0.05, 0) is 25.8 Å². The van der Waals surface area contributed by atoms with Crippen LogP contribution in [0.2, 0.25) is 0 Å². The van der Waals surface area contributed by atoms with E-state index in [1.54, 1.807) is 18.6 Å². The molecule has 2 aromatic rings. The molecule has 96 valence electrons. The van der Waals surface area contributed by atoms with Gasteiger partial charge < -0.3 is 9.88 Å². The van der Waals surface area contributed by atoms with Crippen molar-refractivity contribution < 1.29 is 4.79 Å². The van der Waals surface area contributed by atoms with Crippen LogP contribution in [0.3, 0.4) is 0 Å². The van der Waals surface area contributed by atoms with Gasteiger partial charge >= 0.3 is 0 Å². The van der Waals surface area contributed by atoms with Gasteiger partial charge in [0.05, 0.1) is 6.33 Å². The predicted molar refractivity (Wildman–Crippen MR) is 67.1 cm³/mol. The van der Waals surface area contributed by atoms with Gasteiger partial charge in [0.25, 0.3) is 5.91 Å². The zero-order chi connectivity index (χ0) is 12.8. The van der Waals surface area contributed by atoms with E-state index in [0.29, 0.717) is 12.2 Å². The molecule has 0 spiro atoms. The van der Waals surface area contributed by atoms with E-state index in [9.17, 15) is 4.79 Å². The lowest BCUT2D eigenvalue weighted by Gasteiger charge is -2.03. The first-order chi connectivity index (χ1) is 8.75. The minimum Gasteiger partial charge on any atom is -0.351 e. The number of aromatic amines is 1. The Morgan fingerprint density at radius 2 is 2.39 bits per heavy atom. The molecule has 0 radical (unpaired) electrons. The fourth-order valence-electron chi connectivity index (χ4n) is 1.67. The molecule has 6 nitrogen and oxygen atoms in total. The van der Waals surface area contributed by atoms with Crippen molar-refractivity contribution in [3.8, 4) is 0 Å². The average molecular weight is 247 g/mol. The molecule has 0 aliphatic heterocycles. The van der Waals surface area contributed by atoms with Gasteiger partial charge in [-0.25, -0.2) is 4.98 Å². The number of unbranched alkanes of at least 4 members (excludes halogenated alkanes) is 1. The summed E-state index contributed by atoms with van der Waals surface area (Å²) in [7, 11) is 0. The Balaban J connectivity index is 1.62. The third-order valence-electron chi connectivity index (χ3n) is 2.63. The van der Waals surface area contributed by atoms with Crippen LogP contribution in [0, 0.1) is 6.92 Å². The number of H-pyrrole nitrogens is 1. The molecule has 18 heavy (non-hydrogen) atoms. The van der Waals surface area contributed by atoms with Crippen molar-refractivity contribution in [2.24, 2.45) is 0 Å². The van der Waals surface area contributed by atoms with Gasteiger partial charge in [-0.1, -0.05) is 0 Å². The van der Waals surface area contributed by atoms with Crippen LogP contribution < -0.4 is 5.32 Å². The SMILES string of the molecule is Cc1cc(C(=O)NCCCCn2ccnc2)n[nH]1. The molecule has 0 bridgehead atoms. The van der Waals surface area contributed by atoms with Crippen molar-refractivity contribution in [3.63, 3.8) is 0 Å². The molecular formula is C12H17N5O. The molecule has 0 saturated heterocycles. The molecule has 0 aliphatic rings. The highest BCUT2D eigenvalue weighted by Gasteiger charge is 2.07. The fraction of sp³-hybridized carbons (Fsp3) is 0.417. The molecule has 0 aliphatic carbocycles. The molecule has 0 saturated carbocycles. The number of nitrogens with one attached hydrogen (secondary N) is 2. The molecule has 0 atom stereocenters. The lowest BCUT2D eigenvalue weighted by atomic mass is 10.3. The van der Waals surface area contributed by atoms with Crippen LogP contribution in [0.25, 0.3) is 0 Å². The van der Waals surface area contributed by atoms with Crippen molar-refractivity contribution in [2.75, 3.05) is 6.54 Å². The monoisotopic (exact) mass is 247 g/mol. The third-order valence-corrected chi connectivity index (χ3v) is 2.63. The van der Waals surface area contributed by atoms with Crippen molar-refractivity contribution in [2.45, 2.75) is 26.3 Å². The Bertz CT molecular complexity index is 488. The average Bonchev–Trinajstić information content (AvgIpc) is 2.99. The van der Waals surface area contributed by atoms with Crippen LogP contribution in [-0.4, -0.2) is 32.2 Å². The van der Waals surface area contributed by atoms with E-state index in [-0.39, 0.29) is 5.91 Å². The van der Waals surface area contributed by atoms with Crippen LogP contribution in [0.15, 0.2) is 24.8 Å². The summed E-state index contributed by atoms with van der Waals surface area (Å²) >= 11 is 0. The Kier molecular flexibility index (Phi) is 4.11. The maximum atomic E-state index is 11.6. The second kappa shape index (κ2) is 6.00. The van der Waals surface area contributed by atoms with Gasteiger partial charge in [0, 0.05) is 31.2 Å². The fourth-order valence-corrected chi connectivity index (χ4v) is 1.67. The zero-order valence-electron chi connectivity index (χ0n) is 10.4. The summed E-state index contributed by atoms with van der Waals surface area (Å²) < 4.78 is 2.03. The predicted octanol–water partition coefficient (Wildman–Crippen LogP) is 1.12. The van der Waals surface area contributed by atoms with Gasteiger partial charge in [0.2, 0.25) is 0 Å². The number of nitrogens with zero attached hydrogens (tertiary/aromatic N) is 3. The highest BCUT2D eigenvalue weighted by molar-refractivity contribution is 5.92. The molecule has 2 N–H and O–H groups in total. The van der Waals surface area contributed by atoms with E-state index in [1.165, 1.54) is 0 Å². The molecule has 6 heteroatoms. The lowest BCUT2D eigenvalue weighted by Crippen LogP contribution is -2.24. The van der Waals surface area contributed by atoms with E-state index < -0.39 is 0 Å². The minimum atomic E-state index is -0.123. The minimum absolute atomic E-state index is 0.123. The summed E-state index contributed by atoms with van der Waals surface area (Å²) in [4.78, 5) is 15.6. The van der Waals surface area contributed by atoms with Crippen LogP contribution in [0.4, 0.5) is 0 Å². The van der Waals surface area contributed by atoms with Gasteiger partial charge in [-0.3, -0.25) is 9.89 Å². The first kappa shape index (κ1) is 12.3. The van der Waals surface area contributed by atoms with Crippen molar-refractivity contribution in [1.82, 2.24) is 25.1 Å². The van der Waals surface area contributed by atoms with E-state index in [0.717, 1.165) is 25.1 Å². The smallest absolute Gasteiger partial charge is 0.271 e. The van der Waals surface area contributed by atoms with Gasteiger partial charge in [0.1, 0.15) is 5.69 Å². The zero-order valence-corrected chi connectivity index (χ0v) is 10.4. The molecule has 0 fully saturated rings. The van der Waals surface area contributed by atoms with Gasteiger partial charge in [-0.2, -0.15) is 5.10 Å². The number of hydrogen-bond acceptors (Lipinski definition) is 3. The summed E-state index contributed by atoms with van der Waals surface area (Å²) in [6, 6.07) is 1.74. The molecule has 2 rings (SSSR count). The molecule has 0 unspecified atom stereocenters. The summed E-state index contributed by atoms with van der Waals surface area (Å²) in [6.45, 7) is 3.46. The number of carbonyl (C=O) groups excluding carboxylic acids is 1. The van der Waals surface area contributed by atoms with Crippen molar-refractivity contribution >= 4 is 5.91 Å².